The summed E-state index contributed by atoms with van der Waals surface area (Å²) in [5, 5.41) is 10.8. The molecule has 0 unspecified atom stereocenters. The maximum absolute atomic E-state index is 12.3. The minimum Gasteiger partial charge on any atom is -0.462 e. The lowest BCUT2D eigenvalue weighted by molar-refractivity contribution is -0.166. The molecule has 2 saturated carbocycles. The molecule has 3 aliphatic rings. The maximum Gasteiger partial charge on any atom is 0.342 e. The summed E-state index contributed by atoms with van der Waals surface area (Å²) in [6.07, 6.45) is 1.05. The van der Waals surface area contributed by atoms with Crippen molar-refractivity contribution in [1.29, 1.82) is 0 Å². The highest BCUT2D eigenvalue weighted by Crippen LogP contribution is 2.52. The summed E-state index contributed by atoms with van der Waals surface area (Å²) in [7, 11) is 0. The molecular formula is C17H22O6. The monoisotopic (exact) mass is 322 g/mol. The molecule has 0 aromatic rings. The fraction of sp³-hybridized carbons (Fsp3) is 0.706. The van der Waals surface area contributed by atoms with E-state index in [0.29, 0.717) is 19.3 Å². The zero-order chi connectivity index (χ0) is 16.9. The van der Waals surface area contributed by atoms with Crippen LogP contribution in [-0.4, -0.2) is 41.1 Å². The molecule has 0 aromatic carbocycles. The van der Waals surface area contributed by atoms with Gasteiger partial charge in [0.05, 0.1) is 0 Å². The van der Waals surface area contributed by atoms with Gasteiger partial charge in [-0.1, -0.05) is 19.1 Å². The quantitative estimate of drug-likeness (QED) is 0.603. The highest BCUT2D eigenvalue weighted by Gasteiger charge is 2.63. The fourth-order valence-corrected chi connectivity index (χ4v) is 4.42. The van der Waals surface area contributed by atoms with Crippen LogP contribution in [0.2, 0.25) is 0 Å². The van der Waals surface area contributed by atoms with E-state index in [1.165, 1.54) is 6.92 Å². The topological polar surface area (TPSA) is 89.9 Å². The predicted octanol–water partition coefficient (Wildman–Crippen LogP) is 1.01. The Labute approximate surface area is 134 Å². The van der Waals surface area contributed by atoms with E-state index < -0.39 is 36.2 Å². The van der Waals surface area contributed by atoms with Gasteiger partial charge in [0.25, 0.3) is 0 Å². The van der Waals surface area contributed by atoms with Crippen molar-refractivity contribution in [3.63, 3.8) is 0 Å². The average Bonchev–Trinajstić information content (AvgIpc) is 2.85. The molecule has 23 heavy (non-hydrogen) atoms. The van der Waals surface area contributed by atoms with Crippen molar-refractivity contribution in [1.82, 2.24) is 0 Å². The van der Waals surface area contributed by atoms with Gasteiger partial charge in [-0.3, -0.25) is 9.59 Å². The van der Waals surface area contributed by atoms with Crippen LogP contribution in [0, 0.1) is 23.7 Å². The number of ketones is 1. The van der Waals surface area contributed by atoms with E-state index in [1.54, 1.807) is 0 Å². The van der Waals surface area contributed by atoms with Crippen molar-refractivity contribution in [2.75, 3.05) is 6.61 Å². The minimum atomic E-state index is -1.84. The van der Waals surface area contributed by atoms with Gasteiger partial charge < -0.3 is 14.6 Å². The molecule has 2 aliphatic carbocycles. The van der Waals surface area contributed by atoms with E-state index in [-0.39, 0.29) is 23.5 Å². The van der Waals surface area contributed by atoms with Gasteiger partial charge in [-0.15, -0.1) is 0 Å². The lowest BCUT2D eigenvalue weighted by Gasteiger charge is -2.30. The second-order valence-electron chi connectivity index (χ2n) is 7.02. The molecule has 3 rings (SSSR count). The molecule has 0 amide bonds. The summed E-state index contributed by atoms with van der Waals surface area (Å²) in [6, 6.07) is 0. The Hall–Kier alpha value is -1.69. The average molecular weight is 322 g/mol. The first-order chi connectivity index (χ1) is 10.8. The van der Waals surface area contributed by atoms with E-state index >= 15 is 0 Å². The standard InChI is InChI=1S/C17H22O6/c1-8-4-5-12-15(14-9(2)13(19)6-11(8)14)23-16(20)17(12,21)7-22-10(3)18/h9,11-12,14-15,21H,1,4-7H2,2-3H3/t9-,11+,12-,14+,15+,17+/m1/s1. The molecule has 0 spiro atoms. The van der Waals surface area contributed by atoms with Crippen LogP contribution in [0.15, 0.2) is 12.2 Å². The van der Waals surface area contributed by atoms with Crippen molar-refractivity contribution in [3.05, 3.63) is 12.2 Å². The van der Waals surface area contributed by atoms with Crippen molar-refractivity contribution >= 4 is 17.7 Å². The van der Waals surface area contributed by atoms with E-state index in [0.717, 1.165) is 5.57 Å². The van der Waals surface area contributed by atoms with Crippen molar-refractivity contribution in [2.45, 2.75) is 44.8 Å². The number of Topliss-reactive ketones (excluding diaryl/α,β-unsaturated/α-hetero) is 1. The summed E-state index contributed by atoms with van der Waals surface area (Å²) in [4.78, 5) is 35.5. The summed E-state index contributed by atoms with van der Waals surface area (Å²) in [5.41, 5.74) is -0.857. The van der Waals surface area contributed by atoms with Crippen LogP contribution in [0.4, 0.5) is 0 Å². The molecule has 6 heteroatoms. The predicted molar refractivity (Wildman–Crippen MR) is 79.1 cm³/mol. The second kappa shape index (κ2) is 5.44. The Morgan fingerprint density at radius 1 is 1.48 bits per heavy atom. The van der Waals surface area contributed by atoms with Crippen LogP contribution in [0.25, 0.3) is 0 Å². The third kappa shape index (κ3) is 2.40. The smallest absolute Gasteiger partial charge is 0.342 e. The molecule has 1 heterocycles. The summed E-state index contributed by atoms with van der Waals surface area (Å²) in [6.45, 7) is 6.76. The number of esters is 2. The van der Waals surface area contributed by atoms with Crippen LogP contribution in [0.1, 0.15) is 33.1 Å². The van der Waals surface area contributed by atoms with Crippen molar-refractivity contribution in [2.24, 2.45) is 23.7 Å². The molecule has 0 radical (unpaired) electrons. The Kier molecular flexibility index (Phi) is 3.83. The number of carbonyl (C=O) groups is 3. The Bertz CT molecular complexity index is 582. The Morgan fingerprint density at radius 3 is 2.83 bits per heavy atom. The number of fused-ring (bicyclic) bond motifs is 3. The van der Waals surface area contributed by atoms with Crippen molar-refractivity contribution in [3.8, 4) is 0 Å². The van der Waals surface area contributed by atoms with Gasteiger partial charge in [-0.25, -0.2) is 4.79 Å². The number of carbonyl (C=O) groups excluding carboxylic acids is 3. The van der Waals surface area contributed by atoms with Gasteiger partial charge in [0.1, 0.15) is 18.5 Å². The van der Waals surface area contributed by atoms with Gasteiger partial charge >= 0.3 is 11.9 Å². The van der Waals surface area contributed by atoms with Crippen LogP contribution in [-0.2, 0) is 23.9 Å². The normalized spacial score (nSPS) is 42.7. The molecule has 0 bridgehead atoms. The molecule has 0 aromatic heterocycles. The van der Waals surface area contributed by atoms with E-state index in [9.17, 15) is 19.5 Å². The summed E-state index contributed by atoms with van der Waals surface area (Å²) < 4.78 is 10.4. The number of ether oxygens (including phenoxy) is 2. The molecule has 126 valence electrons. The third-order valence-corrected chi connectivity index (χ3v) is 5.75. The van der Waals surface area contributed by atoms with Gasteiger partial charge in [0, 0.05) is 31.1 Å². The molecule has 1 aliphatic heterocycles. The molecule has 6 atom stereocenters. The second-order valence-corrected chi connectivity index (χ2v) is 7.02. The Morgan fingerprint density at radius 2 is 2.17 bits per heavy atom. The summed E-state index contributed by atoms with van der Waals surface area (Å²) >= 11 is 0. The number of rotatable bonds is 2. The first-order valence-electron chi connectivity index (χ1n) is 8.03. The number of allylic oxidation sites excluding steroid dienone is 1. The van der Waals surface area contributed by atoms with E-state index in [2.05, 4.69) is 6.58 Å². The first kappa shape index (κ1) is 16.2. The van der Waals surface area contributed by atoms with E-state index in [1.807, 2.05) is 6.92 Å². The highest BCUT2D eigenvalue weighted by molar-refractivity contribution is 5.86. The fourth-order valence-electron chi connectivity index (χ4n) is 4.42. The molecular weight excluding hydrogens is 300 g/mol. The van der Waals surface area contributed by atoms with Crippen LogP contribution >= 0.6 is 0 Å². The third-order valence-electron chi connectivity index (χ3n) is 5.75. The van der Waals surface area contributed by atoms with Crippen LogP contribution in [0.3, 0.4) is 0 Å². The van der Waals surface area contributed by atoms with Gasteiger partial charge in [0.2, 0.25) is 5.60 Å². The number of aliphatic hydroxyl groups is 1. The lowest BCUT2D eigenvalue weighted by Crippen LogP contribution is -2.47. The number of hydrogen-bond donors (Lipinski definition) is 1. The molecule has 1 saturated heterocycles. The number of hydrogen-bond acceptors (Lipinski definition) is 6. The van der Waals surface area contributed by atoms with Gasteiger partial charge in [-0.2, -0.15) is 0 Å². The molecule has 6 nitrogen and oxygen atoms in total. The van der Waals surface area contributed by atoms with Crippen LogP contribution in [0.5, 0.6) is 0 Å². The molecule has 3 fully saturated rings. The highest BCUT2D eigenvalue weighted by atomic mass is 16.6. The van der Waals surface area contributed by atoms with Gasteiger partial charge in [0.15, 0.2) is 0 Å². The minimum absolute atomic E-state index is 0.00336. The zero-order valence-corrected chi connectivity index (χ0v) is 13.4. The lowest BCUT2D eigenvalue weighted by atomic mass is 9.76. The SMILES string of the molecule is C=C1CC[C@@H]2[C@H](OC(=O)[C@]2(O)COC(C)=O)[C@H]2[C@H](C)C(=O)C[C@@H]12. The summed E-state index contributed by atoms with van der Waals surface area (Å²) in [5.74, 6) is -2.05. The van der Waals surface area contributed by atoms with E-state index in [4.69, 9.17) is 9.47 Å². The van der Waals surface area contributed by atoms with Gasteiger partial charge in [-0.05, 0) is 18.8 Å². The first-order valence-corrected chi connectivity index (χ1v) is 8.03. The molecule has 1 N–H and O–H groups in total. The maximum atomic E-state index is 12.3. The largest absolute Gasteiger partial charge is 0.462 e. The van der Waals surface area contributed by atoms with Crippen molar-refractivity contribution < 1.29 is 29.0 Å². The zero-order valence-electron chi connectivity index (χ0n) is 13.4. The van der Waals surface area contributed by atoms with Crippen LogP contribution < -0.4 is 0 Å². The Balaban J connectivity index is 1.93.